The van der Waals surface area contributed by atoms with Crippen LogP contribution < -0.4 is 5.32 Å². The number of pyridine rings is 1. The Kier molecular flexibility index (Phi) is 6.12. The summed E-state index contributed by atoms with van der Waals surface area (Å²) in [6.45, 7) is 2.96. The zero-order valence-corrected chi connectivity index (χ0v) is 24.0. The van der Waals surface area contributed by atoms with Crippen LogP contribution in [-0.4, -0.2) is 11.5 Å². The van der Waals surface area contributed by atoms with E-state index in [1.165, 1.54) is 71.3 Å². The maximum atomic E-state index is 4.49. The summed E-state index contributed by atoms with van der Waals surface area (Å²) in [6, 6.07) is 42.4. The van der Waals surface area contributed by atoms with Crippen LogP contribution >= 0.6 is 0 Å². The summed E-state index contributed by atoms with van der Waals surface area (Å²) in [4.78, 5) is 4.49. The van der Waals surface area contributed by atoms with Gasteiger partial charge in [0.25, 0.3) is 0 Å². The molecular weight excluding hydrogens is 520 g/mol. The standard InChI is InChI=1S/C41H30N2/c1-27-24-31(26-43-25-27)32-18-19-39(34-9-3-2-8-33(32)34)41-37-12-6-4-10-35(37)40(36-11-5-7-13-38(36)41)30-16-14-28(15-17-30)29-20-22-42-23-21-29/h2-22,24-26,42H,23H2,1H3. The Morgan fingerprint density at radius 1 is 0.535 bits per heavy atom. The Labute approximate surface area is 251 Å². The molecule has 6 aromatic carbocycles. The molecule has 43 heavy (non-hydrogen) atoms. The molecule has 8 rings (SSSR count). The number of dihydropyridines is 1. The fourth-order valence-corrected chi connectivity index (χ4v) is 6.70. The van der Waals surface area contributed by atoms with Crippen molar-refractivity contribution in [2.24, 2.45) is 0 Å². The second-order valence-corrected chi connectivity index (χ2v) is 11.3. The first-order valence-corrected chi connectivity index (χ1v) is 14.8. The SMILES string of the molecule is Cc1cncc(-c2ccc(-c3c4ccccc4c(-c4ccc(C5=CCNC=C5)cc4)c4ccccc34)c3ccccc23)c1. The van der Waals surface area contributed by atoms with Crippen LogP contribution in [0.1, 0.15) is 11.1 Å². The highest BCUT2D eigenvalue weighted by Gasteiger charge is 2.19. The van der Waals surface area contributed by atoms with E-state index in [1.807, 2.05) is 18.6 Å². The largest absolute Gasteiger partial charge is 0.387 e. The zero-order chi connectivity index (χ0) is 28.8. The van der Waals surface area contributed by atoms with Crippen LogP contribution in [0.25, 0.3) is 71.3 Å². The molecule has 204 valence electrons. The highest BCUT2D eigenvalue weighted by atomic mass is 14.8. The van der Waals surface area contributed by atoms with Gasteiger partial charge in [0.2, 0.25) is 0 Å². The molecule has 0 saturated carbocycles. The molecular formula is C41H30N2. The lowest BCUT2D eigenvalue weighted by Crippen LogP contribution is -2.08. The van der Waals surface area contributed by atoms with E-state index in [0.717, 1.165) is 17.7 Å². The van der Waals surface area contributed by atoms with Crippen LogP contribution in [0.5, 0.6) is 0 Å². The van der Waals surface area contributed by atoms with Crippen LogP contribution in [-0.2, 0) is 0 Å². The zero-order valence-electron chi connectivity index (χ0n) is 24.0. The van der Waals surface area contributed by atoms with Crippen LogP contribution in [0.3, 0.4) is 0 Å². The van der Waals surface area contributed by atoms with E-state index in [-0.39, 0.29) is 0 Å². The minimum Gasteiger partial charge on any atom is -0.387 e. The minimum atomic E-state index is 0.863. The molecule has 0 spiro atoms. The Morgan fingerprint density at radius 2 is 1.09 bits per heavy atom. The van der Waals surface area contributed by atoms with Crippen molar-refractivity contribution in [2.75, 3.05) is 6.54 Å². The second kappa shape index (κ2) is 10.4. The number of allylic oxidation sites excluding steroid dienone is 2. The van der Waals surface area contributed by atoms with Crippen molar-refractivity contribution < 1.29 is 0 Å². The topological polar surface area (TPSA) is 24.9 Å². The smallest absolute Gasteiger partial charge is 0.0346 e. The summed E-state index contributed by atoms with van der Waals surface area (Å²) >= 11 is 0. The van der Waals surface area contributed by atoms with Crippen LogP contribution in [0.4, 0.5) is 0 Å². The minimum absolute atomic E-state index is 0.863. The molecule has 0 saturated heterocycles. The Balaban J connectivity index is 1.39. The quantitative estimate of drug-likeness (QED) is 0.221. The number of benzene rings is 6. The molecule has 0 amide bonds. The molecule has 0 aliphatic carbocycles. The van der Waals surface area contributed by atoms with Crippen LogP contribution in [0.2, 0.25) is 0 Å². The number of aromatic nitrogens is 1. The average Bonchev–Trinajstić information content (AvgIpc) is 3.07. The summed E-state index contributed by atoms with van der Waals surface area (Å²) in [5.74, 6) is 0. The van der Waals surface area contributed by atoms with E-state index in [9.17, 15) is 0 Å². The van der Waals surface area contributed by atoms with Gasteiger partial charge < -0.3 is 5.32 Å². The van der Waals surface area contributed by atoms with Gasteiger partial charge in [-0.3, -0.25) is 4.98 Å². The molecule has 0 radical (unpaired) electrons. The molecule has 0 bridgehead atoms. The van der Waals surface area contributed by atoms with Crippen LogP contribution in [0.15, 0.2) is 146 Å². The van der Waals surface area contributed by atoms with Gasteiger partial charge in [-0.05, 0) is 102 Å². The lowest BCUT2D eigenvalue weighted by Gasteiger charge is -2.20. The molecule has 1 aliphatic rings. The number of hydrogen-bond donors (Lipinski definition) is 1. The van der Waals surface area contributed by atoms with E-state index in [0.29, 0.717) is 0 Å². The van der Waals surface area contributed by atoms with Crippen molar-refractivity contribution in [3.63, 3.8) is 0 Å². The summed E-state index contributed by atoms with van der Waals surface area (Å²) in [5.41, 5.74) is 11.0. The number of fused-ring (bicyclic) bond motifs is 3. The number of hydrogen-bond acceptors (Lipinski definition) is 2. The molecule has 1 aromatic heterocycles. The van der Waals surface area contributed by atoms with Crippen LogP contribution in [0, 0.1) is 6.92 Å². The molecule has 2 nitrogen and oxygen atoms in total. The third kappa shape index (κ3) is 4.31. The Bertz CT molecular complexity index is 2180. The van der Waals surface area contributed by atoms with Crippen molar-refractivity contribution in [2.45, 2.75) is 6.92 Å². The van der Waals surface area contributed by atoms with Gasteiger partial charge in [0.05, 0.1) is 0 Å². The molecule has 2 heterocycles. The van der Waals surface area contributed by atoms with Gasteiger partial charge in [0, 0.05) is 24.5 Å². The summed E-state index contributed by atoms with van der Waals surface area (Å²) in [6.07, 6.45) is 10.3. The Morgan fingerprint density at radius 3 is 1.70 bits per heavy atom. The van der Waals surface area contributed by atoms with Gasteiger partial charge in [0.1, 0.15) is 0 Å². The monoisotopic (exact) mass is 550 g/mol. The third-order valence-corrected chi connectivity index (χ3v) is 8.64. The summed E-state index contributed by atoms with van der Waals surface area (Å²) in [7, 11) is 0. The van der Waals surface area contributed by atoms with E-state index in [4.69, 9.17) is 0 Å². The summed E-state index contributed by atoms with van der Waals surface area (Å²) < 4.78 is 0. The first kappa shape index (κ1) is 25.3. The Hall–Kier alpha value is -5.47. The second-order valence-electron chi connectivity index (χ2n) is 11.3. The third-order valence-electron chi connectivity index (χ3n) is 8.64. The molecule has 7 aromatic rings. The number of rotatable bonds is 4. The van der Waals surface area contributed by atoms with Crippen molar-refractivity contribution in [1.82, 2.24) is 10.3 Å². The predicted octanol–water partition coefficient (Wildman–Crippen LogP) is 10.4. The van der Waals surface area contributed by atoms with E-state index >= 15 is 0 Å². The lowest BCUT2D eigenvalue weighted by molar-refractivity contribution is 0.976. The normalized spacial score (nSPS) is 12.9. The van der Waals surface area contributed by atoms with Gasteiger partial charge >= 0.3 is 0 Å². The fraction of sp³-hybridized carbons (Fsp3) is 0.0488. The summed E-state index contributed by atoms with van der Waals surface area (Å²) in [5, 5.41) is 10.8. The first-order valence-electron chi connectivity index (χ1n) is 14.8. The van der Waals surface area contributed by atoms with Gasteiger partial charge in [-0.2, -0.15) is 0 Å². The molecule has 0 unspecified atom stereocenters. The van der Waals surface area contributed by atoms with E-state index in [1.54, 1.807) is 0 Å². The highest BCUT2D eigenvalue weighted by Crippen LogP contribution is 2.46. The number of nitrogens with zero attached hydrogens (tertiary/aromatic N) is 1. The average molecular weight is 551 g/mol. The number of nitrogens with one attached hydrogen (secondary N) is 1. The molecule has 1 aliphatic heterocycles. The van der Waals surface area contributed by atoms with E-state index in [2.05, 4.69) is 145 Å². The van der Waals surface area contributed by atoms with Crippen molar-refractivity contribution in [3.8, 4) is 33.4 Å². The van der Waals surface area contributed by atoms with Gasteiger partial charge in [0.15, 0.2) is 0 Å². The number of aryl methyl sites for hydroxylation is 1. The molecule has 0 atom stereocenters. The maximum absolute atomic E-state index is 4.49. The molecule has 2 heteroatoms. The van der Waals surface area contributed by atoms with Gasteiger partial charge in [-0.15, -0.1) is 0 Å². The maximum Gasteiger partial charge on any atom is 0.0346 e. The fourth-order valence-electron chi connectivity index (χ4n) is 6.70. The van der Waals surface area contributed by atoms with E-state index < -0.39 is 0 Å². The predicted molar refractivity (Wildman–Crippen MR) is 183 cm³/mol. The first-order chi connectivity index (χ1) is 21.3. The van der Waals surface area contributed by atoms with Crippen molar-refractivity contribution >= 4 is 37.9 Å². The highest BCUT2D eigenvalue weighted by molar-refractivity contribution is 6.24. The van der Waals surface area contributed by atoms with Crippen molar-refractivity contribution in [1.29, 1.82) is 0 Å². The molecule has 0 fully saturated rings. The van der Waals surface area contributed by atoms with Crippen molar-refractivity contribution in [3.05, 3.63) is 157 Å². The molecule has 1 N–H and O–H groups in total. The van der Waals surface area contributed by atoms with Gasteiger partial charge in [-0.25, -0.2) is 0 Å². The lowest BCUT2D eigenvalue weighted by atomic mass is 9.83. The van der Waals surface area contributed by atoms with Gasteiger partial charge in [-0.1, -0.05) is 115 Å².